The first-order valence-corrected chi connectivity index (χ1v) is 3.35. The number of rotatable bonds is 0. The second-order valence-electron chi connectivity index (χ2n) is 2.41. The molecule has 1 amide bonds. The maximum atomic E-state index is 12.6. The molecular weight excluding hydrogens is 137 g/mol. The van der Waals surface area contributed by atoms with Crippen molar-refractivity contribution in [3.63, 3.8) is 0 Å². The molecule has 1 fully saturated rings. The van der Waals surface area contributed by atoms with E-state index < -0.39 is 12.4 Å². The molecule has 10 heavy (non-hydrogen) atoms. The number of likely N-dealkylation sites (tertiary alicyclic amines) is 1. The SMILES string of the molecule is O=C(O)N1CCCCC1F. The standard InChI is InChI=1S/C6H10FNO2/c7-5-3-1-2-4-8(5)6(9)10/h5H,1-4H2,(H,9,10). The van der Waals surface area contributed by atoms with Crippen LogP contribution in [0.4, 0.5) is 9.18 Å². The van der Waals surface area contributed by atoms with Crippen molar-refractivity contribution in [3.05, 3.63) is 0 Å². The van der Waals surface area contributed by atoms with Gasteiger partial charge in [-0.25, -0.2) is 9.18 Å². The molecule has 58 valence electrons. The van der Waals surface area contributed by atoms with Crippen LogP contribution in [-0.4, -0.2) is 28.9 Å². The molecule has 0 aromatic carbocycles. The normalized spacial score (nSPS) is 26.5. The molecule has 1 aliphatic rings. The molecule has 0 saturated carbocycles. The molecular formula is C6H10FNO2. The van der Waals surface area contributed by atoms with Crippen molar-refractivity contribution in [1.82, 2.24) is 4.90 Å². The molecule has 1 saturated heterocycles. The third kappa shape index (κ3) is 1.37. The lowest BCUT2D eigenvalue weighted by atomic mass is 10.1. The van der Waals surface area contributed by atoms with Crippen LogP contribution >= 0.6 is 0 Å². The van der Waals surface area contributed by atoms with E-state index in [1.54, 1.807) is 0 Å². The maximum Gasteiger partial charge on any atom is 0.409 e. The number of piperidine rings is 1. The van der Waals surface area contributed by atoms with E-state index in [9.17, 15) is 9.18 Å². The number of carboxylic acid groups (broad SMARTS) is 1. The zero-order valence-corrected chi connectivity index (χ0v) is 5.59. The fourth-order valence-electron chi connectivity index (χ4n) is 1.11. The van der Waals surface area contributed by atoms with E-state index in [2.05, 4.69) is 0 Å². The summed E-state index contributed by atoms with van der Waals surface area (Å²) in [4.78, 5) is 11.1. The Kier molecular flexibility index (Phi) is 2.09. The Morgan fingerprint density at radius 1 is 1.60 bits per heavy atom. The number of hydrogen-bond acceptors (Lipinski definition) is 1. The van der Waals surface area contributed by atoms with Gasteiger partial charge in [0.25, 0.3) is 0 Å². The molecule has 0 bridgehead atoms. The van der Waals surface area contributed by atoms with E-state index >= 15 is 0 Å². The zero-order chi connectivity index (χ0) is 7.56. The van der Waals surface area contributed by atoms with E-state index in [-0.39, 0.29) is 0 Å². The molecule has 1 heterocycles. The topological polar surface area (TPSA) is 40.5 Å². The molecule has 0 radical (unpaired) electrons. The van der Waals surface area contributed by atoms with Crippen LogP contribution in [0.3, 0.4) is 0 Å². The third-order valence-electron chi connectivity index (χ3n) is 1.68. The summed E-state index contributed by atoms with van der Waals surface area (Å²) in [5.74, 6) is 0. The Labute approximate surface area is 58.4 Å². The quantitative estimate of drug-likeness (QED) is 0.527. The fraction of sp³-hybridized carbons (Fsp3) is 0.833. The molecule has 3 nitrogen and oxygen atoms in total. The van der Waals surface area contributed by atoms with Crippen molar-refractivity contribution in [2.45, 2.75) is 25.6 Å². The van der Waals surface area contributed by atoms with Crippen LogP contribution in [0.1, 0.15) is 19.3 Å². The number of halogens is 1. The Bertz CT molecular complexity index is 140. The number of carbonyl (C=O) groups is 1. The van der Waals surface area contributed by atoms with E-state index in [0.29, 0.717) is 13.0 Å². The summed E-state index contributed by atoms with van der Waals surface area (Å²) in [6, 6.07) is 0. The van der Waals surface area contributed by atoms with Crippen molar-refractivity contribution in [2.24, 2.45) is 0 Å². The molecule has 1 rings (SSSR count). The molecule has 4 heteroatoms. The minimum Gasteiger partial charge on any atom is -0.465 e. The van der Waals surface area contributed by atoms with Crippen molar-refractivity contribution in [2.75, 3.05) is 6.54 Å². The van der Waals surface area contributed by atoms with Crippen molar-refractivity contribution in [3.8, 4) is 0 Å². The predicted octanol–water partition coefficient (Wildman–Crippen LogP) is 1.45. The highest BCUT2D eigenvalue weighted by atomic mass is 19.1. The van der Waals surface area contributed by atoms with Gasteiger partial charge in [-0.15, -0.1) is 0 Å². The maximum absolute atomic E-state index is 12.6. The molecule has 0 aromatic heterocycles. The number of alkyl halides is 1. The van der Waals surface area contributed by atoms with Crippen molar-refractivity contribution < 1.29 is 14.3 Å². The Morgan fingerprint density at radius 2 is 2.30 bits per heavy atom. The Morgan fingerprint density at radius 3 is 2.70 bits per heavy atom. The highest BCUT2D eigenvalue weighted by Crippen LogP contribution is 2.17. The smallest absolute Gasteiger partial charge is 0.409 e. The van der Waals surface area contributed by atoms with Crippen LogP contribution in [0.25, 0.3) is 0 Å². The predicted molar refractivity (Wildman–Crippen MR) is 33.5 cm³/mol. The molecule has 0 aromatic rings. The van der Waals surface area contributed by atoms with Gasteiger partial charge < -0.3 is 5.11 Å². The van der Waals surface area contributed by atoms with Gasteiger partial charge in [-0.05, 0) is 19.3 Å². The van der Waals surface area contributed by atoms with Crippen LogP contribution in [0.2, 0.25) is 0 Å². The Balaban J connectivity index is 2.47. The summed E-state index contributed by atoms with van der Waals surface area (Å²) in [5.41, 5.74) is 0. The van der Waals surface area contributed by atoms with Gasteiger partial charge in [0.05, 0.1) is 0 Å². The van der Waals surface area contributed by atoms with E-state index in [4.69, 9.17) is 5.11 Å². The van der Waals surface area contributed by atoms with Crippen LogP contribution in [0.5, 0.6) is 0 Å². The van der Waals surface area contributed by atoms with Gasteiger partial charge in [0.2, 0.25) is 0 Å². The largest absolute Gasteiger partial charge is 0.465 e. The van der Waals surface area contributed by atoms with Gasteiger partial charge in [0, 0.05) is 6.54 Å². The molecule has 0 spiro atoms. The van der Waals surface area contributed by atoms with E-state index in [1.807, 2.05) is 0 Å². The molecule has 1 aliphatic heterocycles. The first-order chi connectivity index (χ1) is 4.72. The average molecular weight is 147 g/mol. The summed E-state index contributed by atoms with van der Waals surface area (Å²) < 4.78 is 12.6. The van der Waals surface area contributed by atoms with E-state index in [0.717, 1.165) is 17.7 Å². The summed E-state index contributed by atoms with van der Waals surface area (Å²) in [5, 5.41) is 8.39. The lowest BCUT2D eigenvalue weighted by Gasteiger charge is -2.27. The third-order valence-corrected chi connectivity index (χ3v) is 1.68. The molecule has 1 atom stereocenters. The summed E-state index contributed by atoms with van der Waals surface area (Å²) in [6.45, 7) is 0.344. The molecule has 1 N–H and O–H groups in total. The number of amides is 1. The highest BCUT2D eigenvalue weighted by molar-refractivity contribution is 5.65. The van der Waals surface area contributed by atoms with Crippen LogP contribution in [0, 0.1) is 0 Å². The Hall–Kier alpha value is -0.800. The second kappa shape index (κ2) is 2.86. The van der Waals surface area contributed by atoms with Crippen molar-refractivity contribution in [1.29, 1.82) is 0 Å². The number of nitrogens with zero attached hydrogens (tertiary/aromatic N) is 1. The second-order valence-corrected chi connectivity index (χ2v) is 2.41. The lowest BCUT2D eigenvalue weighted by molar-refractivity contribution is 0.0474. The highest BCUT2D eigenvalue weighted by Gasteiger charge is 2.25. The number of hydrogen-bond donors (Lipinski definition) is 1. The van der Waals surface area contributed by atoms with E-state index in [1.165, 1.54) is 0 Å². The summed E-state index contributed by atoms with van der Waals surface area (Å²) in [7, 11) is 0. The van der Waals surface area contributed by atoms with Gasteiger partial charge in [0.1, 0.15) is 0 Å². The van der Waals surface area contributed by atoms with Crippen molar-refractivity contribution >= 4 is 6.09 Å². The van der Waals surface area contributed by atoms with Crippen LogP contribution < -0.4 is 0 Å². The van der Waals surface area contributed by atoms with Crippen LogP contribution in [0.15, 0.2) is 0 Å². The lowest BCUT2D eigenvalue weighted by Crippen LogP contribution is -2.40. The monoisotopic (exact) mass is 147 g/mol. The first-order valence-electron chi connectivity index (χ1n) is 3.35. The summed E-state index contributed by atoms with van der Waals surface area (Å²) >= 11 is 0. The average Bonchev–Trinajstić information content (AvgIpc) is 1.88. The first kappa shape index (κ1) is 7.31. The molecule has 1 unspecified atom stereocenters. The van der Waals surface area contributed by atoms with Gasteiger partial charge in [-0.2, -0.15) is 0 Å². The minimum atomic E-state index is -1.27. The van der Waals surface area contributed by atoms with Gasteiger partial charge >= 0.3 is 6.09 Å². The molecule has 0 aliphatic carbocycles. The van der Waals surface area contributed by atoms with Gasteiger partial charge in [0.15, 0.2) is 6.30 Å². The van der Waals surface area contributed by atoms with Gasteiger partial charge in [-0.1, -0.05) is 0 Å². The van der Waals surface area contributed by atoms with Gasteiger partial charge in [-0.3, -0.25) is 4.90 Å². The zero-order valence-electron chi connectivity index (χ0n) is 5.59. The fourth-order valence-corrected chi connectivity index (χ4v) is 1.11. The van der Waals surface area contributed by atoms with Crippen LogP contribution in [-0.2, 0) is 0 Å². The summed E-state index contributed by atoms with van der Waals surface area (Å²) in [6.07, 6.45) is -0.484. The minimum absolute atomic E-state index is 0.344.